The molecule has 0 aromatic heterocycles. The highest BCUT2D eigenvalue weighted by Gasteiger charge is 2.31. The fourth-order valence-electron chi connectivity index (χ4n) is 2.08. The van der Waals surface area contributed by atoms with Gasteiger partial charge in [0.15, 0.2) is 0 Å². The minimum atomic E-state index is -4.77. The standard InChI is InChI=1S/C15H13ClF3NO3/c1-22-11-7-6-10(16)14(21)12(11)13(20)8-2-4-9(5-3-8)23-15(17,18)19/h2-7,13,21H,20H2,1H3/t13-/m1/s1. The van der Waals surface area contributed by atoms with Crippen LogP contribution in [0.2, 0.25) is 5.02 Å². The zero-order valence-corrected chi connectivity index (χ0v) is 12.7. The number of hydrogen-bond acceptors (Lipinski definition) is 4. The predicted molar refractivity (Wildman–Crippen MR) is 78.8 cm³/mol. The molecule has 124 valence electrons. The quantitative estimate of drug-likeness (QED) is 0.877. The number of alkyl halides is 3. The van der Waals surface area contributed by atoms with Gasteiger partial charge in [-0.05, 0) is 29.8 Å². The highest BCUT2D eigenvalue weighted by Crippen LogP contribution is 2.40. The lowest BCUT2D eigenvalue weighted by Crippen LogP contribution is -2.17. The first kappa shape index (κ1) is 17.2. The highest BCUT2D eigenvalue weighted by molar-refractivity contribution is 6.32. The molecule has 0 aliphatic rings. The van der Waals surface area contributed by atoms with Gasteiger partial charge < -0.3 is 20.3 Å². The van der Waals surface area contributed by atoms with Gasteiger partial charge in [-0.3, -0.25) is 0 Å². The molecule has 3 N–H and O–H groups in total. The zero-order valence-electron chi connectivity index (χ0n) is 11.9. The van der Waals surface area contributed by atoms with Crippen LogP contribution in [0.5, 0.6) is 17.2 Å². The number of nitrogens with two attached hydrogens (primary N) is 1. The van der Waals surface area contributed by atoms with Crippen molar-refractivity contribution < 1.29 is 27.8 Å². The van der Waals surface area contributed by atoms with Crippen molar-refractivity contribution in [2.75, 3.05) is 7.11 Å². The molecule has 0 saturated carbocycles. The van der Waals surface area contributed by atoms with Crippen LogP contribution in [0.3, 0.4) is 0 Å². The third-order valence-corrected chi connectivity index (χ3v) is 3.44. The molecule has 8 heteroatoms. The second-order valence-corrected chi connectivity index (χ2v) is 5.01. The van der Waals surface area contributed by atoms with Crippen LogP contribution in [0.4, 0.5) is 13.2 Å². The average Bonchev–Trinajstić information content (AvgIpc) is 2.48. The van der Waals surface area contributed by atoms with Crippen LogP contribution in [0.1, 0.15) is 17.2 Å². The van der Waals surface area contributed by atoms with Gasteiger partial charge in [-0.1, -0.05) is 23.7 Å². The van der Waals surface area contributed by atoms with E-state index in [9.17, 15) is 18.3 Å². The summed E-state index contributed by atoms with van der Waals surface area (Å²) >= 11 is 5.87. The van der Waals surface area contributed by atoms with Crippen molar-refractivity contribution in [3.05, 3.63) is 52.5 Å². The molecule has 0 amide bonds. The van der Waals surface area contributed by atoms with Gasteiger partial charge in [-0.25, -0.2) is 0 Å². The van der Waals surface area contributed by atoms with Crippen molar-refractivity contribution in [3.63, 3.8) is 0 Å². The summed E-state index contributed by atoms with van der Waals surface area (Å²) in [5, 5.41) is 10.2. The fourth-order valence-corrected chi connectivity index (χ4v) is 2.25. The van der Waals surface area contributed by atoms with Gasteiger partial charge in [0.05, 0.1) is 23.7 Å². The van der Waals surface area contributed by atoms with Crippen LogP contribution < -0.4 is 15.2 Å². The Hall–Kier alpha value is -2.12. The number of halogens is 4. The smallest absolute Gasteiger partial charge is 0.506 e. The fraction of sp³-hybridized carbons (Fsp3) is 0.200. The average molecular weight is 348 g/mol. The maximum Gasteiger partial charge on any atom is 0.573 e. The lowest BCUT2D eigenvalue weighted by atomic mass is 9.97. The summed E-state index contributed by atoms with van der Waals surface area (Å²) in [4.78, 5) is 0. The van der Waals surface area contributed by atoms with Crippen molar-refractivity contribution in [2.45, 2.75) is 12.4 Å². The molecule has 0 bridgehead atoms. The van der Waals surface area contributed by atoms with E-state index in [1.54, 1.807) is 6.07 Å². The van der Waals surface area contributed by atoms with Crippen molar-refractivity contribution in [1.29, 1.82) is 0 Å². The Labute approximate surface area is 135 Å². The van der Waals surface area contributed by atoms with Crippen molar-refractivity contribution in [1.82, 2.24) is 0 Å². The summed E-state index contributed by atoms with van der Waals surface area (Å²) in [7, 11) is 1.40. The number of benzene rings is 2. The second-order valence-electron chi connectivity index (χ2n) is 4.61. The number of aromatic hydroxyl groups is 1. The first-order valence-electron chi connectivity index (χ1n) is 6.39. The summed E-state index contributed by atoms with van der Waals surface area (Å²) in [6, 6.07) is 7.15. The SMILES string of the molecule is COc1ccc(Cl)c(O)c1[C@H](N)c1ccc(OC(F)(F)F)cc1. The van der Waals surface area contributed by atoms with E-state index in [2.05, 4.69) is 4.74 Å². The first-order valence-corrected chi connectivity index (χ1v) is 6.77. The number of rotatable bonds is 4. The highest BCUT2D eigenvalue weighted by atomic mass is 35.5. The maximum atomic E-state index is 12.2. The molecule has 0 fully saturated rings. The molecule has 0 radical (unpaired) electrons. The third kappa shape index (κ3) is 4.00. The molecule has 0 aliphatic heterocycles. The minimum absolute atomic E-state index is 0.0910. The van der Waals surface area contributed by atoms with Gasteiger partial charge in [-0.15, -0.1) is 13.2 Å². The Balaban J connectivity index is 2.34. The third-order valence-electron chi connectivity index (χ3n) is 3.13. The Morgan fingerprint density at radius 3 is 2.26 bits per heavy atom. The molecule has 0 heterocycles. The van der Waals surface area contributed by atoms with E-state index in [0.29, 0.717) is 11.3 Å². The lowest BCUT2D eigenvalue weighted by Gasteiger charge is -2.18. The molecule has 0 spiro atoms. The van der Waals surface area contributed by atoms with Crippen molar-refractivity contribution >= 4 is 11.6 Å². The monoisotopic (exact) mass is 347 g/mol. The van der Waals surface area contributed by atoms with E-state index in [4.69, 9.17) is 22.1 Å². The lowest BCUT2D eigenvalue weighted by molar-refractivity contribution is -0.274. The minimum Gasteiger partial charge on any atom is -0.506 e. The number of ether oxygens (including phenoxy) is 2. The van der Waals surface area contributed by atoms with Gasteiger partial charge in [0, 0.05) is 0 Å². The van der Waals surface area contributed by atoms with Crippen molar-refractivity contribution in [3.8, 4) is 17.2 Å². The molecule has 0 aliphatic carbocycles. The summed E-state index contributed by atoms with van der Waals surface area (Å²) < 4.78 is 45.4. The molecule has 23 heavy (non-hydrogen) atoms. The number of phenols is 1. The van der Waals surface area contributed by atoms with Crippen LogP contribution >= 0.6 is 11.6 Å². The van der Waals surface area contributed by atoms with E-state index >= 15 is 0 Å². The molecular formula is C15H13ClF3NO3. The molecule has 2 aromatic carbocycles. The Morgan fingerprint density at radius 2 is 1.74 bits per heavy atom. The largest absolute Gasteiger partial charge is 0.573 e. The van der Waals surface area contributed by atoms with Crippen molar-refractivity contribution in [2.24, 2.45) is 5.73 Å². The van der Waals surface area contributed by atoms with E-state index in [-0.39, 0.29) is 22.1 Å². The van der Waals surface area contributed by atoms with Gasteiger partial charge >= 0.3 is 6.36 Å². The van der Waals surface area contributed by atoms with Gasteiger partial charge in [0.2, 0.25) is 0 Å². The van der Waals surface area contributed by atoms with Crippen LogP contribution in [-0.2, 0) is 0 Å². The Kier molecular flexibility index (Phi) is 4.91. The molecular weight excluding hydrogens is 335 g/mol. The first-order chi connectivity index (χ1) is 10.7. The number of phenolic OH excluding ortho intramolecular Hbond substituents is 1. The molecule has 1 atom stereocenters. The van der Waals surface area contributed by atoms with E-state index < -0.39 is 12.4 Å². The molecule has 0 saturated heterocycles. The van der Waals surface area contributed by atoms with Crippen LogP contribution in [0.25, 0.3) is 0 Å². The Morgan fingerprint density at radius 1 is 1.13 bits per heavy atom. The topological polar surface area (TPSA) is 64.7 Å². The summed E-state index contributed by atoms with van der Waals surface area (Å²) in [6.07, 6.45) is -4.77. The molecule has 0 unspecified atom stereocenters. The second kappa shape index (κ2) is 6.55. The molecule has 2 aromatic rings. The van der Waals surface area contributed by atoms with E-state index in [0.717, 1.165) is 12.1 Å². The van der Waals surface area contributed by atoms with Gasteiger partial charge in [0.25, 0.3) is 0 Å². The summed E-state index contributed by atoms with van der Waals surface area (Å²) in [6.45, 7) is 0. The predicted octanol–water partition coefficient (Wildman–Crippen LogP) is 4.00. The van der Waals surface area contributed by atoms with E-state index in [1.165, 1.54) is 25.3 Å². The van der Waals surface area contributed by atoms with Crippen LogP contribution in [0.15, 0.2) is 36.4 Å². The molecule has 4 nitrogen and oxygen atoms in total. The summed E-state index contributed by atoms with van der Waals surface area (Å²) in [5.41, 5.74) is 6.77. The maximum absolute atomic E-state index is 12.2. The Bertz CT molecular complexity index is 690. The zero-order chi connectivity index (χ0) is 17.2. The number of methoxy groups -OCH3 is 1. The number of hydrogen-bond donors (Lipinski definition) is 2. The molecule has 2 rings (SSSR count). The summed E-state index contributed by atoms with van der Waals surface area (Å²) in [5.74, 6) is -0.292. The van der Waals surface area contributed by atoms with Gasteiger partial charge in [-0.2, -0.15) is 0 Å². The van der Waals surface area contributed by atoms with E-state index in [1.807, 2.05) is 0 Å². The van der Waals surface area contributed by atoms with Crippen LogP contribution in [0, 0.1) is 0 Å². The van der Waals surface area contributed by atoms with Crippen LogP contribution in [-0.4, -0.2) is 18.6 Å². The van der Waals surface area contributed by atoms with Gasteiger partial charge in [0.1, 0.15) is 17.2 Å². The normalized spacial score (nSPS) is 12.8.